The minimum absolute atomic E-state index is 0.216. The van der Waals surface area contributed by atoms with Gasteiger partial charge in [0, 0.05) is 21.8 Å². The molecule has 0 saturated carbocycles. The zero-order valence-electron chi connectivity index (χ0n) is 13.1. The van der Waals surface area contributed by atoms with Gasteiger partial charge in [0.2, 0.25) is 0 Å². The van der Waals surface area contributed by atoms with E-state index in [1.807, 2.05) is 26.1 Å². The number of hydrogen-bond acceptors (Lipinski definition) is 3. The van der Waals surface area contributed by atoms with E-state index in [9.17, 15) is 13.9 Å². The highest BCUT2D eigenvalue weighted by Crippen LogP contribution is 2.61. The number of aromatic amines is 1. The number of hydrogen-bond donors (Lipinski definition) is 4. The summed E-state index contributed by atoms with van der Waals surface area (Å²) >= 11 is 3.44. The molecule has 1 fully saturated rings. The Hall–Kier alpha value is -1.02. The van der Waals surface area contributed by atoms with Crippen LogP contribution in [-0.2, 0) is 0 Å². The first-order valence-electron chi connectivity index (χ1n) is 7.48. The van der Waals surface area contributed by atoms with Crippen molar-refractivity contribution in [3.63, 3.8) is 0 Å². The van der Waals surface area contributed by atoms with Crippen molar-refractivity contribution in [1.82, 2.24) is 4.98 Å². The maximum atomic E-state index is 11.7. The van der Waals surface area contributed by atoms with Crippen molar-refractivity contribution in [2.45, 2.75) is 37.4 Å². The number of aromatic nitrogens is 1. The van der Waals surface area contributed by atoms with E-state index >= 15 is 0 Å². The molecule has 1 saturated heterocycles. The molecule has 7 heteroatoms. The summed E-state index contributed by atoms with van der Waals surface area (Å²) in [5, 5.41) is 0.965. The predicted molar refractivity (Wildman–Crippen MR) is 98.3 cm³/mol. The molecule has 3 rings (SSSR count). The number of benzene rings is 1. The van der Waals surface area contributed by atoms with Crippen LogP contribution < -0.4 is 5.73 Å². The van der Waals surface area contributed by atoms with Crippen LogP contribution >= 0.6 is 26.5 Å². The number of primary amides is 1. The van der Waals surface area contributed by atoms with Gasteiger partial charge in [-0.05, 0) is 50.3 Å². The lowest BCUT2D eigenvalue weighted by Gasteiger charge is -2.52. The van der Waals surface area contributed by atoms with Gasteiger partial charge in [-0.2, -0.15) is 10.6 Å². The maximum Gasteiger partial charge on any atom is 0.250 e. The van der Waals surface area contributed by atoms with E-state index in [1.165, 1.54) is 0 Å². The molecular formula is C16H21BrN2O3S. The Morgan fingerprint density at radius 3 is 2.74 bits per heavy atom. The van der Waals surface area contributed by atoms with Crippen LogP contribution in [0.4, 0.5) is 0 Å². The molecule has 1 atom stereocenters. The third kappa shape index (κ3) is 2.80. The van der Waals surface area contributed by atoms with E-state index in [2.05, 4.69) is 20.9 Å². The highest BCUT2D eigenvalue weighted by molar-refractivity contribution is 9.10. The van der Waals surface area contributed by atoms with Gasteiger partial charge in [0.05, 0.1) is 15.8 Å². The Bertz CT molecular complexity index is 785. The molecule has 1 aliphatic heterocycles. The first-order chi connectivity index (χ1) is 10.6. The Kier molecular flexibility index (Phi) is 4.03. The average Bonchev–Trinajstić information content (AvgIpc) is 2.84. The summed E-state index contributed by atoms with van der Waals surface area (Å²) in [6.07, 6.45) is 3.33. The number of halogens is 1. The monoisotopic (exact) mass is 400 g/mol. The normalized spacial score (nSPS) is 24.5. The highest BCUT2D eigenvalue weighted by atomic mass is 79.9. The largest absolute Gasteiger partial charge is 0.366 e. The fourth-order valence-corrected chi connectivity index (χ4v) is 5.52. The van der Waals surface area contributed by atoms with Crippen molar-refractivity contribution in [2.75, 3.05) is 5.75 Å². The molecule has 23 heavy (non-hydrogen) atoms. The standard InChI is InChI=1S/C16H21BrN2O3S/c1-16(2)7-9(3-4-23(16,21)22)13-8-19-14-11(13)5-10(17)6-12(14)15(18)20/h5-6,8-9,19,21-22H,3-4,7H2,1-2H3,(H2,18,20). The second kappa shape index (κ2) is 5.51. The molecule has 0 radical (unpaired) electrons. The average molecular weight is 401 g/mol. The molecule has 5 nitrogen and oxygen atoms in total. The maximum absolute atomic E-state index is 11.7. The number of fused-ring (bicyclic) bond motifs is 1. The second-order valence-corrected chi connectivity index (χ2v) is 10.6. The topological polar surface area (TPSA) is 99.3 Å². The van der Waals surface area contributed by atoms with E-state index in [-0.39, 0.29) is 5.92 Å². The van der Waals surface area contributed by atoms with E-state index < -0.39 is 21.2 Å². The quantitative estimate of drug-likeness (QED) is 0.599. The van der Waals surface area contributed by atoms with Crippen molar-refractivity contribution in [2.24, 2.45) is 5.73 Å². The number of H-pyrrole nitrogens is 1. The summed E-state index contributed by atoms with van der Waals surface area (Å²) in [5.41, 5.74) is 7.78. The fourth-order valence-electron chi connectivity index (χ4n) is 3.43. The molecule has 2 aromatic rings. The van der Waals surface area contributed by atoms with Crippen LogP contribution in [0.2, 0.25) is 0 Å². The molecule has 2 heterocycles. The van der Waals surface area contributed by atoms with Gasteiger partial charge in [0.25, 0.3) is 5.91 Å². The summed E-state index contributed by atoms with van der Waals surface area (Å²) in [7, 11) is -2.56. The minimum Gasteiger partial charge on any atom is -0.366 e. The third-order valence-corrected chi connectivity index (χ3v) is 8.06. The third-order valence-electron chi connectivity index (χ3n) is 4.87. The predicted octanol–water partition coefficient (Wildman–Crippen LogP) is 4.44. The Labute approximate surface area is 145 Å². The van der Waals surface area contributed by atoms with Gasteiger partial charge in [-0.25, -0.2) is 0 Å². The van der Waals surface area contributed by atoms with Crippen molar-refractivity contribution < 1.29 is 13.9 Å². The minimum atomic E-state index is -2.56. The van der Waals surface area contributed by atoms with Crippen molar-refractivity contribution >= 4 is 43.3 Å². The van der Waals surface area contributed by atoms with Crippen LogP contribution in [0.5, 0.6) is 0 Å². The lowest BCUT2D eigenvalue weighted by molar-refractivity contribution is 0.100. The molecule has 0 aliphatic carbocycles. The van der Waals surface area contributed by atoms with Crippen LogP contribution in [-0.4, -0.2) is 30.5 Å². The molecule has 0 spiro atoms. The van der Waals surface area contributed by atoms with Gasteiger partial charge < -0.3 is 10.7 Å². The van der Waals surface area contributed by atoms with Crippen molar-refractivity contribution in [3.8, 4) is 0 Å². The summed E-state index contributed by atoms with van der Waals surface area (Å²) < 4.78 is 20.8. The molecule has 1 unspecified atom stereocenters. The highest BCUT2D eigenvalue weighted by Gasteiger charge is 2.41. The lowest BCUT2D eigenvalue weighted by atomic mass is 9.87. The van der Waals surface area contributed by atoms with E-state index in [4.69, 9.17) is 5.73 Å². The zero-order valence-corrected chi connectivity index (χ0v) is 15.5. The Balaban J connectivity index is 2.07. The van der Waals surface area contributed by atoms with Crippen LogP contribution in [0.1, 0.15) is 48.5 Å². The molecule has 1 aromatic heterocycles. The van der Waals surface area contributed by atoms with Crippen LogP contribution in [0.3, 0.4) is 0 Å². The molecule has 5 N–H and O–H groups in total. The zero-order chi connectivity index (χ0) is 17.0. The van der Waals surface area contributed by atoms with Gasteiger partial charge in [-0.3, -0.25) is 13.9 Å². The van der Waals surface area contributed by atoms with E-state index in [0.717, 1.165) is 27.4 Å². The van der Waals surface area contributed by atoms with E-state index in [1.54, 1.807) is 6.07 Å². The Morgan fingerprint density at radius 1 is 1.43 bits per heavy atom. The molecule has 1 aromatic carbocycles. The first-order valence-corrected chi connectivity index (χ1v) is 9.99. The summed E-state index contributed by atoms with van der Waals surface area (Å²) in [5.74, 6) is 0.158. The first kappa shape index (κ1) is 16.8. The van der Waals surface area contributed by atoms with Gasteiger partial charge in [0.15, 0.2) is 0 Å². The molecule has 126 valence electrons. The SMILES string of the molecule is CC1(C)CC(c2c[nH]c3c(C(N)=O)cc(Br)cc23)CCS1(O)O. The Morgan fingerprint density at radius 2 is 2.13 bits per heavy atom. The number of nitrogens with one attached hydrogen (secondary N) is 1. The van der Waals surface area contributed by atoms with Crippen LogP contribution in [0, 0.1) is 0 Å². The van der Waals surface area contributed by atoms with E-state index in [0.29, 0.717) is 17.7 Å². The molecule has 0 bridgehead atoms. The van der Waals surface area contributed by atoms with Gasteiger partial charge in [0.1, 0.15) is 0 Å². The number of rotatable bonds is 2. The molecular weight excluding hydrogens is 380 g/mol. The van der Waals surface area contributed by atoms with Crippen LogP contribution in [0.15, 0.2) is 22.8 Å². The second-order valence-electron chi connectivity index (χ2n) is 6.80. The molecule has 1 amide bonds. The van der Waals surface area contributed by atoms with Crippen molar-refractivity contribution in [3.05, 3.63) is 33.9 Å². The van der Waals surface area contributed by atoms with Crippen molar-refractivity contribution in [1.29, 1.82) is 0 Å². The number of carbonyl (C=O) groups is 1. The summed E-state index contributed by atoms with van der Waals surface area (Å²) in [6, 6.07) is 3.69. The van der Waals surface area contributed by atoms with Crippen LogP contribution in [0.25, 0.3) is 10.9 Å². The lowest BCUT2D eigenvalue weighted by Crippen LogP contribution is -2.36. The number of amides is 1. The van der Waals surface area contributed by atoms with Gasteiger partial charge in [-0.1, -0.05) is 15.9 Å². The number of nitrogens with two attached hydrogens (primary N) is 1. The van der Waals surface area contributed by atoms with Gasteiger partial charge in [-0.15, -0.1) is 0 Å². The molecule has 1 aliphatic rings. The number of carbonyl (C=O) groups excluding carboxylic acids is 1. The summed E-state index contributed by atoms with van der Waals surface area (Å²) in [6.45, 7) is 3.82. The summed E-state index contributed by atoms with van der Waals surface area (Å²) in [4.78, 5) is 14.8. The smallest absolute Gasteiger partial charge is 0.250 e. The fraction of sp³-hybridized carbons (Fsp3) is 0.438. The van der Waals surface area contributed by atoms with Gasteiger partial charge >= 0.3 is 0 Å².